The zero-order valence-electron chi connectivity index (χ0n) is 11.5. The largest absolute Gasteiger partial charge is 0.379 e. The van der Waals surface area contributed by atoms with Gasteiger partial charge in [-0.3, -0.25) is 4.98 Å². The first-order valence-electron chi connectivity index (χ1n) is 6.68. The van der Waals surface area contributed by atoms with Crippen molar-refractivity contribution in [1.82, 2.24) is 4.98 Å². The van der Waals surface area contributed by atoms with Crippen LogP contribution >= 0.6 is 11.6 Å². The average molecular weight is 301 g/mol. The normalized spacial score (nSPS) is 10.8. The minimum Gasteiger partial charge on any atom is -0.379 e. The number of pyridine rings is 1. The van der Waals surface area contributed by atoms with Crippen LogP contribution in [-0.2, 0) is 6.54 Å². The smallest absolute Gasteiger partial charge is 0.146 e. The molecule has 21 heavy (non-hydrogen) atoms. The number of nitrogens with one attached hydrogen (secondary N) is 1. The molecule has 1 heterocycles. The summed E-state index contributed by atoms with van der Waals surface area (Å²) in [6.45, 7) is 2.47. The second kappa shape index (κ2) is 5.70. The number of hydrogen-bond acceptors (Lipinski definition) is 2. The van der Waals surface area contributed by atoms with E-state index in [0.29, 0.717) is 17.3 Å². The van der Waals surface area contributed by atoms with Crippen molar-refractivity contribution in [2.24, 2.45) is 0 Å². The third-order valence-corrected chi connectivity index (χ3v) is 3.56. The van der Waals surface area contributed by atoms with Gasteiger partial charge in [0.1, 0.15) is 5.82 Å². The van der Waals surface area contributed by atoms with E-state index in [9.17, 15) is 4.39 Å². The van der Waals surface area contributed by atoms with Crippen LogP contribution in [0.3, 0.4) is 0 Å². The Morgan fingerprint density at radius 2 is 1.95 bits per heavy atom. The van der Waals surface area contributed by atoms with Gasteiger partial charge in [-0.1, -0.05) is 29.8 Å². The third-order valence-electron chi connectivity index (χ3n) is 3.33. The Morgan fingerprint density at radius 3 is 2.81 bits per heavy atom. The van der Waals surface area contributed by atoms with Gasteiger partial charge in [-0.15, -0.1) is 0 Å². The second-order valence-electron chi connectivity index (χ2n) is 4.92. The Hall–Kier alpha value is -2.13. The Balaban J connectivity index is 1.93. The molecule has 0 amide bonds. The molecular formula is C17H14ClFN2. The highest BCUT2D eigenvalue weighted by Crippen LogP contribution is 2.23. The molecule has 2 nitrogen and oxygen atoms in total. The van der Waals surface area contributed by atoms with E-state index in [4.69, 9.17) is 11.6 Å². The Bertz CT molecular complexity index is 802. The Kier molecular flexibility index (Phi) is 3.76. The number of hydrogen-bond donors (Lipinski definition) is 1. The lowest BCUT2D eigenvalue weighted by Gasteiger charge is -2.11. The number of rotatable bonds is 3. The van der Waals surface area contributed by atoms with Crippen molar-refractivity contribution in [2.45, 2.75) is 13.5 Å². The highest BCUT2D eigenvalue weighted by molar-refractivity contribution is 6.30. The molecule has 4 heteroatoms. The van der Waals surface area contributed by atoms with E-state index in [1.54, 1.807) is 6.07 Å². The molecule has 0 saturated heterocycles. The summed E-state index contributed by atoms with van der Waals surface area (Å²) in [5, 5.41) is 4.68. The zero-order chi connectivity index (χ0) is 14.8. The molecule has 1 aromatic heterocycles. The van der Waals surface area contributed by atoms with Crippen LogP contribution in [0.5, 0.6) is 0 Å². The van der Waals surface area contributed by atoms with Crippen molar-refractivity contribution in [3.8, 4) is 0 Å². The van der Waals surface area contributed by atoms with Crippen LogP contribution in [0.1, 0.15) is 11.3 Å². The maximum Gasteiger partial charge on any atom is 0.146 e. The van der Waals surface area contributed by atoms with Crippen LogP contribution in [0.15, 0.2) is 48.5 Å². The van der Waals surface area contributed by atoms with Gasteiger partial charge in [-0.25, -0.2) is 4.39 Å². The van der Waals surface area contributed by atoms with Crippen molar-refractivity contribution in [3.05, 3.63) is 70.6 Å². The fraction of sp³-hybridized carbons (Fsp3) is 0.118. The predicted molar refractivity (Wildman–Crippen MR) is 85.2 cm³/mol. The van der Waals surface area contributed by atoms with Crippen molar-refractivity contribution in [1.29, 1.82) is 0 Å². The van der Waals surface area contributed by atoms with Gasteiger partial charge >= 0.3 is 0 Å². The lowest BCUT2D eigenvalue weighted by atomic mass is 10.1. The van der Waals surface area contributed by atoms with Gasteiger partial charge in [0.25, 0.3) is 0 Å². The molecule has 0 spiro atoms. The molecule has 0 atom stereocenters. The molecule has 0 aliphatic carbocycles. The summed E-state index contributed by atoms with van der Waals surface area (Å²) in [5.41, 5.74) is 3.37. The molecule has 1 N–H and O–H groups in total. The fourth-order valence-electron chi connectivity index (χ4n) is 2.36. The van der Waals surface area contributed by atoms with Crippen molar-refractivity contribution >= 4 is 28.2 Å². The molecule has 0 bridgehead atoms. The summed E-state index contributed by atoms with van der Waals surface area (Å²) in [5.74, 6) is -0.311. The number of benzene rings is 2. The maximum atomic E-state index is 13.7. The lowest BCUT2D eigenvalue weighted by Crippen LogP contribution is -2.03. The number of aromatic nitrogens is 1. The van der Waals surface area contributed by atoms with E-state index in [1.807, 2.05) is 37.3 Å². The van der Waals surface area contributed by atoms with E-state index < -0.39 is 0 Å². The maximum absolute atomic E-state index is 13.7. The lowest BCUT2D eigenvalue weighted by molar-refractivity contribution is 0.630. The van der Waals surface area contributed by atoms with Crippen LogP contribution in [-0.4, -0.2) is 4.98 Å². The highest BCUT2D eigenvalue weighted by atomic mass is 35.5. The minimum atomic E-state index is -0.311. The molecule has 106 valence electrons. The SMILES string of the molecule is Cc1cc(CNc2cc(Cl)ccc2F)c2ccccc2n1. The van der Waals surface area contributed by atoms with E-state index >= 15 is 0 Å². The third kappa shape index (κ3) is 2.98. The number of fused-ring (bicyclic) bond motifs is 1. The number of para-hydroxylation sites is 1. The summed E-state index contributed by atoms with van der Waals surface area (Å²) in [7, 11) is 0. The van der Waals surface area contributed by atoms with E-state index in [0.717, 1.165) is 22.2 Å². The summed E-state index contributed by atoms with van der Waals surface area (Å²) in [4.78, 5) is 4.50. The monoisotopic (exact) mass is 300 g/mol. The molecular weight excluding hydrogens is 287 g/mol. The molecule has 3 rings (SSSR count). The van der Waals surface area contributed by atoms with Crippen LogP contribution in [0.4, 0.5) is 10.1 Å². The highest BCUT2D eigenvalue weighted by Gasteiger charge is 2.06. The van der Waals surface area contributed by atoms with Crippen LogP contribution in [0.25, 0.3) is 10.9 Å². The summed E-state index contributed by atoms with van der Waals surface area (Å²) >= 11 is 5.90. The van der Waals surface area contributed by atoms with E-state index in [2.05, 4.69) is 10.3 Å². The van der Waals surface area contributed by atoms with Gasteiger partial charge in [-0.05, 0) is 42.8 Å². The van der Waals surface area contributed by atoms with Gasteiger partial charge in [0, 0.05) is 22.6 Å². The second-order valence-corrected chi connectivity index (χ2v) is 5.35. The molecule has 0 radical (unpaired) electrons. The number of halogens is 2. The van der Waals surface area contributed by atoms with Gasteiger partial charge in [-0.2, -0.15) is 0 Å². The molecule has 2 aromatic carbocycles. The van der Waals surface area contributed by atoms with Gasteiger partial charge < -0.3 is 5.32 Å². The standard InChI is InChI=1S/C17H14ClFN2/c1-11-8-12(14-4-2-3-5-16(14)21-11)10-20-17-9-13(18)6-7-15(17)19/h2-9,20H,10H2,1H3. The van der Waals surface area contributed by atoms with Gasteiger partial charge in [0.05, 0.1) is 11.2 Å². The first-order chi connectivity index (χ1) is 10.1. The first-order valence-corrected chi connectivity index (χ1v) is 7.05. The van der Waals surface area contributed by atoms with Crippen molar-refractivity contribution in [3.63, 3.8) is 0 Å². The quantitative estimate of drug-likeness (QED) is 0.740. The van der Waals surface area contributed by atoms with Crippen LogP contribution in [0.2, 0.25) is 5.02 Å². The van der Waals surface area contributed by atoms with Crippen LogP contribution in [0, 0.1) is 12.7 Å². The molecule has 0 aliphatic rings. The first kappa shape index (κ1) is 13.8. The minimum absolute atomic E-state index is 0.311. The molecule has 0 unspecified atom stereocenters. The summed E-state index contributed by atoms with van der Waals surface area (Å²) < 4.78 is 13.7. The summed E-state index contributed by atoms with van der Waals surface area (Å²) in [6.07, 6.45) is 0. The van der Waals surface area contributed by atoms with Gasteiger partial charge in [0.15, 0.2) is 0 Å². The molecule has 0 saturated carbocycles. The Labute approximate surface area is 127 Å². The van der Waals surface area contributed by atoms with Crippen molar-refractivity contribution < 1.29 is 4.39 Å². The molecule has 3 aromatic rings. The number of anilines is 1. The van der Waals surface area contributed by atoms with Crippen molar-refractivity contribution in [2.75, 3.05) is 5.32 Å². The van der Waals surface area contributed by atoms with E-state index in [-0.39, 0.29) is 5.82 Å². The average Bonchev–Trinajstić information content (AvgIpc) is 2.47. The van der Waals surface area contributed by atoms with Gasteiger partial charge in [0.2, 0.25) is 0 Å². The van der Waals surface area contributed by atoms with E-state index in [1.165, 1.54) is 12.1 Å². The Morgan fingerprint density at radius 1 is 1.14 bits per heavy atom. The predicted octanol–water partition coefficient (Wildman–Crippen LogP) is 4.95. The molecule has 0 fully saturated rings. The topological polar surface area (TPSA) is 24.9 Å². The number of nitrogens with zero attached hydrogens (tertiary/aromatic N) is 1. The molecule has 0 aliphatic heterocycles. The zero-order valence-corrected chi connectivity index (χ0v) is 12.3. The van der Waals surface area contributed by atoms with Crippen LogP contribution < -0.4 is 5.32 Å². The number of aryl methyl sites for hydroxylation is 1. The summed E-state index contributed by atoms with van der Waals surface area (Å²) in [6, 6.07) is 14.4. The fourth-order valence-corrected chi connectivity index (χ4v) is 2.54.